The molecule has 1 atom stereocenters. The van der Waals surface area contributed by atoms with Crippen LogP contribution in [0.5, 0.6) is 0 Å². The number of hydrogen-bond acceptors (Lipinski definition) is 2. The summed E-state index contributed by atoms with van der Waals surface area (Å²) in [6.45, 7) is -0.128. The van der Waals surface area contributed by atoms with E-state index < -0.39 is 18.2 Å². The number of halogens is 3. The van der Waals surface area contributed by atoms with Crippen LogP contribution in [-0.2, 0) is 4.79 Å². The molecule has 0 aliphatic carbocycles. The SMILES string of the molecule is NC(=O)C1CCCN1C(F)(F)F. The van der Waals surface area contributed by atoms with Crippen molar-refractivity contribution in [3.8, 4) is 0 Å². The lowest BCUT2D eigenvalue weighted by Crippen LogP contribution is -2.47. The maximum Gasteiger partial charge on any atom is 0.460 e. The van der Waals surface area contributed by atoms with Crippen molar-refractivity contribution >= 4 is 5.91 Å². The van der Waals surface area contributed by atoms with Gasteiger partial charge in [0.1, 0.15) is 0 Å². The molecule has 1 amide bonds. The van der Waals surface area contributed by atoms with E-state index in [2.05, 4.69) is 0 Å². The fourth-order valence-corrected chi connectivity index (χ4v) is 1.37. The highest BCUT2D eigenvalue weighted by Gasteiger charge is 2.46. The van der Waals surface area contributed by atoms with Gasteiger partial charge in [-0.1, -0.05) is 0 Å². The summed E-state index contributed by atoms with van der Waals surface area (Å²) >= 11 is 0. The lowest BCUT2D eigenvalue weighted by Gasteiger charge is -2.23. The number of nitrogens with zero attached hydrogens (tertiary/aromatic N) is 1. The summed E-state index contributed by atoms with van der Waals surface area (Å²) in [5.74, 6) is -0.898. The maximum atomic E-state index is 12.1. The average molecular weight is 182 g/mol. The molecule has 1 fully saturated rings. The molecule has 1 unspecified atom stereocenters. The predicted molar refractivity (Wildman–Crippen MR) is 35.0 cm³/mol. The molecule has 0 spiro atoms. The Morgan fingerprint density at radius 2 is 2.08 bits per heavy atom. The van der Waals surface area contributed by atoms with Crippen molar-refractivity contribution in [1.29, 1.82) is 0 Å². The first kappa shape index (κ1) is 9.31. The second-order valence-corrected chi connectivity index (χ2v) is 2.72. The Hall–Kier alpha value is -0.780. The minimum atomic E-state index is -4.43. The number of hydrogen-bond donors (Lipinski definition) is 1. The van der Waals surface area contributed by atoms with E-state index in [1.165, 1.54) is 0 Å². The molecular formula is C6H9F3N2O. The van der Waals surface area contributed by atoms with Gasteiger partial charge in [-0.2, -0.15) is 13.2 Å². The van der Waals surface area contributed by atoms with Gasteiger partial charge >= 0.3 is 6.30 Å². The molecule has 12 heavy (non-hydrogen) atoms. The van der Waals surface area contributed by atoms with Crippen molar-refractivity contribution in [2.45, 2.75) is 25.2 Å². The fraction of sp³-hybridized carbons (Fsp3) is 0.833. The molecule has 70 valence electrons. The van der Waals surface area contributed by atoms with Crippen LogP contribution in [0.3, 0.4) is 0 Å². The van der Waals surface area contributed by atoms with Crippen LogP contribution < -0.4 is 5.73 Å². The van der Waals surface area contributed by atoms with Gasteiger partial charge in [-0.05, 0) is 12.8 Å². The first-order valence-electron chi connectivity index (χ1n) is 3.55. The van der Waals surface area contributed by atoms with Crippen molar-refractivity contribution in [2.24, 2.45) is 5.73 Å². The van der Waals surface area contributed by atoms with E-state index in [9.17, 15) is 18.0 Å². The topological polar surface area (TPSA) is 46.3 Å². The molecule has 0 bridgehead atoms. The van der Waals surface area contributed by atoms with Crippen LogP contribution in [0.15, 0.2) is 0 Å². The number of carbonyl (C=O) groups is 1. The van der Waals surface area contributed by atoms with E-state index in [0.29, 0.717) is 6.42 Å². The summed E-state index contributed by atoms with van der Waals surface area (Å²) in [7, 11) is 0. The second-order valence-electron chi connectivity index (χ2n) is 2.72. The highest BCUT2D eigenvalue weighted by atomic mass is 19.4. The van der Waals surface area contributed by atoms with Gasteiger partial charge in [0.15, 0.2) is 0 Å². The predicted octanol–water partition coefficient (Wildman–Crippen LogP) is 0.456. The Labute approximate surface area is 67.3 Å². The van der Waals surface area contributed by atoms with Crippen LogP contribution in [0.25, 0.3) is 0 Å². The molecular weight excluding hydrogens is 173 g/mol. The standard InChI is InChI=1S/C6H9F3N2O/c7-6(8,9)11-3-1-2-4(11)5(10)12/h4H,1-3H2,(H2,10,12). The third-order valence-corrected chi connectivity index (χ3v) is 1.91. The summed E-state index contributed by atoms with van der Waals surface area (Å²) in [5, 5.41) is 0. The van der Waals surface area contributed by atoms with Crippen LogP contribution in [0, 0.1) is 0 Å². The monoisotopic (exact) mass is 182 g/mol. The molecule has 0 aromatic rings. The number of amides is 1. The van der Waals surface area contributed by atoms with Gasteiger partial charge in [-0.3, -0.25) is 4.79 Å². The van der Waals surface area contributed by atoms with Gasteiger partial charge in [-0.15, -0.1) is 0 Å². The molecule has 6 heteroatoms. The van der Waals surface area contributed by atoms with Gasteiger partial charge in [-0.25, -0.2) is 4.90 Å². The Bertz CT molecular complexity index is 192. The zero-order chi connectivity index (χ0) is 9.35. The van der Waals surface area contributed by atoms with Crippen molar-refractivity contribution < 1.29 is 18.0 Å². The fourth-order valence-electron chi connectivity index (χ4n) is 1.37. The van der Waals surface area contributed by atoms with Crippen LogP contribution in [0.1, 0.15) is 12.8 Å². The Kier molecular flexibility index (Phi) is 2.27. The summed E-state index contributed by atoms with van der Waals surface area (Å²) in [6, 6.07) is -1.16. The minimum absolute atomic E-state index is 0.128. The first-order chi connectivity index (χ1) is 5.43. The molecule has 1 rings (SSSR count). The van der Waals surface area contributed by atoms with E-state index in [-0.39, 0.29) is 17.9 Å². The lowest BCUT2D eigenvalue weighted by atomic mass is 10.2. The van der Waals surface area contributed by atoms with E-state index in [1.807, 2.05) is 0 Å². The summed E-state index contributed by atoms with van der Waals surface area (Å²) in [4.78, 5) is 10.7. The molecule has 1 aliphatic rings. The largest absolute Gasteiger partial charge is 0.460 e. The van der Waals surface area contributed by atoms with E-state index in [0.717, 1.165) is 0 Å². The number of likely N-dealkylation sites (tertiary alicyclic amines) is 1. The van der Waals surface area contributed by atoms with Crippen molar-refractivity contribution in [3.63, 3.8) is 0 Å². The van der Waals surface area contributed by atoms with Crippen molar-refractivity contribution in [1.82, 2.24) is 4.90 Å². The number of alkyl halides is 3. The zero-order valence-electron chi connectivity index (χ0n) is 6.27. The van der Waals surface area contributed by atoms with Crippen LogP contribution in [0.4, 0.5) is 13.2 Å². The molecule has 0 aromatic heterocycles. The third kappa shape index (κ3) is 1.69. The average Bonchev–Trinajstić information content (AvgIpc) is 2.30. The molecule has 1 saturated heterocycles. The second kappa shape index (κ2) is 2.93. The van der Waals surface area contributed by atoms with E-state index >= 15 is 0 Å². The Morgan fingerprint density at radius 3 is 2.42 bits per heavy atom. The normalized spacial score (nSPS) is 26.1. The number of primary amides is 1. The Balaban J connectivity index is 2.71. The molecule has 0 aromatic carbocycles. The lowest BCUT2D eigenvalue weighted by molar-refractivity contribution is -0.248. The third-order valence-electron chi connectivity index (χ3n) is 1.91. The quantitative estimate of drug-likeness (QED) is 0.598. The van der Waals surface area contributed by atoms with Crippen molar-refractivity contribution in [2.75, 3.05) is 6.54 Å². The molecule has 1 aliphatic heterocycles. The molecule has 2 N–H and O–H groups in total. The van der Waals surface area contributed by atoms with Gasteiger partial charge in [0.25, 0.3) is 0 Å². The van der Waals surface area contributed by atoms with Crippen LogP contribution >= 0.6 is 0 Å². The number of rotatable bonds is 1. The first-order valence-corrected chi connectivity index (χ1v) is 3.55. The highest BCUT2D eigenvalue weighted by Crippen LogP contribution is 2.30. The highest BCUT2D eigenvalue weighted by molar-refractivity contribution is 5.80. The van der Waals surface area contributed by atoms with Gasteiger partial charge < -0.3 is 5.73 Å². The van der Waals surface area contributed by atoms with E-state index in [1.54, 1.807) is 0 Å². The molecule has 0 radical (unpaired) electrons. The molecule has 3 nitrogen and oxygen atoms in total. The molecule has 1 heterocycles. The van der Waals surface area contributed by atoms with Crippen molar-refractivity contribution in [3.05, 3.63) is 0 Å². The summed E-state index contributed by atoms with van der Waals surface area (Å²) in [5.41, 5.74) is 4.80. The zero-order valence-corrected chi connectivity index (χ0v) is 6.27. The van der Waals surface area contributed by atoms with Crippen LogP contribution in [-0.4, -0.2) is 29.7 Å². The summed E-state index contributed by atoms with van der Waals surface area (Å²) < 4.78 is 36.3. The van der Waals surface area contributed by atoms with Crippen LogP contribution in [0.2, 0.25) is 0 Å². The van der Waals surface area contributed by atoms with Gasteiger partial charge in [0, 0.05) is 6.54 Å². The van der Waals surface area contributed by atoms with E-state index in [4.69, 9.17) is 5.73 Å². The smallest absolute Gasteiger partial charge is 0.368 e. The number of nitrogens with two attached hydrogens (primary N) is 1. The number of carbonyl (C=O) groups excluding carboxylic acids is 1. The molecule has 0 saturated carbocycles. The summed E-state index contributed by atoms with van der Waals surface area (Å²) in [6.07, 6.45) is -3.86. The van der Waals surface area contributed by atoms with Gasteiger partial charge in [0.05, 0.1) is 6.04 Å². The Morgan fingerprint density at radius 1 is 1.50 bits per heavy atom. The minimum Gasteiger partial charge on any atom is -0.368 e. The van der Waals surface area contributed by atoms with Gasteiger partial charge in [0.2, 0.25) is 5.91 Å². The maximum absolute atomic E-state index is 12.1.